The van der Waals surface area contributed by atoms with Gasteiger partial charge in [0.1, 0.15) is 0 Å². The Morgan fingerprint density at radius 2 is 1.96 bits per heavy atom. The van der Waals surface area contributed by atoms with E-state index in [9.17, 15) is 9.59 Å². The molecular formula is C20H13ClN2O2S. The number of anilines is 1. The molecule has 1 aromatic heterocycles. The number of halogens is 1. The van der Waals surface area contributed by atoms with Gasteiger partial charge < -0.3 is 0 Å². The first-order valence-electron chi connectivity index (χ1n) is 7.92. The lowest BCUT2D eigenvalue weighted by molar-refractivity contribution is -0.115. The summed E-state index contributed by atoms with van der Waals surface area (Å²) < 4.78 is 0. The minimum atomic E-state index is -0.212. The Labute approximate surface area is 159 Å². The third-order valence-corrected chi connectivity index (χ3v) is 5.53. The highest BCUT2D eigenvalue weighted by molar-refractivity contribution is 8.04. The number of benzene rings is 2. The SMILES string of the molecule is CC(=O)N(/C=C1\Sc2ccccc2C1=O)c1ccc(Cl)c2cccnc12. The summed E-state index contributed by atoms with van der Waals surface area (Å²) >= 11 is 7.61. The quantitative estimate of drug-likeness (QED) is 0.582. The molecule has 1 aliphatic rings. The van der Waals surface area contributed by atoms with Crippen LogP contribution in [0.3, 0.4) is 0 Å². The molecule has 0 saturated heterocycles. The molecule has 2 heterocycles. The molecule has 4 rings (SSSR count). The summed E-state index contributed by atoms with van der Waals surface area (Å²) in [5, 5.41) is 1.32. The molecule has 0 bridgehead atoms. The average Bonchev–Trinajstić information content (AvgIpc) is 2.97. The van der Waals surface area contributed by atoms with Crippen LogP contribution in [0.15, 0.2) is 70.7 Å². The summed E-state index contributed by atoms with van der Waals surface area (Å²) in [6.45, 7) is 1.46. The fraction of sp³-hybridized carbons (Fsp3) is 0.0500. The van der Waals surface area contributed by atoms with Crippen LogP contribution in [0, 0.1) is 0 Å². The molecular weight excluding hydrogens is 368 g/mol. The van der Waals surface area contributed by atoms with Crippen LogP contribution in [-0.2, 0) is 4.79 Å². The molecule has 0 saturated carbocycles. The lowest BCUT2D eigenvalue weighted by Crippen LogP contribution is -2.23. The number of Topliss-reactive ketones (excluding diaryl/α,β-unsaturated/α-hetero) is 1. The van der Waals surface area contributed by atoms with Crippen molar-refractivity contribution in [1.82, 2.24) is 4.98 Å². The molecule has 2 aromatic carbocycles. The van der Waals surface area contributed by atoms with Gasteiger partial charge in [-0.1, -0.05) is 35.5 Å². The van der Waals surface area contributed by atoms with E-state index >= 15 is 0 Å². The van der Waals surface area contributed by atoms with Crippen LogP contribution in [0.25, 0.3) is 10.9 Å². The zero-order valence-corrected chi connectivity index (χ0v) is 15.3. The summed E-state index contributed by atoms with van der Waals surface area (Å²) in [7, 11) is 0. The number of pyridine rings is 1. The van der Waals surface area contributed by atoms with E-state index in [0.29, 0.717) is 26.7 Å². The molecule has 6 heteroatoms. The standard InChI is InChI=1S/C20H13ClN2O2S/c1-12(24)23(11-18-20(25)14-5-2-3-7-17(14)26-18)16-9-8-15(21)13-6-4-10-22-19(13)16/h2-11H,1H3/b18-11-. The van der Waals surface area contributed by atoms with Crippen molar-refractivity contribution >= 4 is 51.6 Å². The maximum Gasteiger partial charge on any atom is 0.228 e. The third-order valence-electron chi connectivity index (χ3n) is 4.12. The Bertz CT molecular complexity index is 1090. The monoisotopic (exact) mass is 380 g/mol. The highest BCUT2D eigenvalue weighted by Gasteiger charge is 2.27. The first kappa shape index (κ1) is 16.8. The third kappa shape index (κ3) is 2.79. The molecule has 0 radical (unpaired) electrons. The summed E-state index contributed by atoms with van der Waals surface area (Å²) in [6, 6.07) is 14.5. The smallest absolute Gasteiger partial charge is 0.228 e. The number of hydrogen-bond donors (Lipinski definition) is 0. The number of carbonyl (C=O) groups is 2. The van der Waals surface area contributed by atoms with E-state index in [2.05, 4.69) is 4.98 Å². The predicted molar refractivity (Wildman–Crippen MR) is 105 cm³/mol. The van der Waals surface area contributed by atoms with Gasteiger partial charge in [0.15, 0.2) is 0 Å². The van der Waals surface area contributed by atoms with Crippen molar-refractivity contribution in [2.75, 3.05) is 4.90 Å². The molecule has 1 amide bonds. The molecule has 0 spiro atoms. The maximum absolute atomic E-state index is 12.6. The zero-order chi connectivity index (χ0) is 18.3. The van der Waals surface area contributed by atoms with Crippen LogP contribution in [0.2, 0.25) is 5.02 Å². The maximum atomic E-state index is 12.6. The van der Waals surface area contributed by atoms with Crippen molar-refractivity contribution in [2.45, 2.75) is 11.8 Å². The van der Waals surface area contributed by atoms with Gasteiger partial charge >= 0.3 is 0 Å². The number of amides is 1. The minimum Gasteiger partial charge on any atom is -0.288 e. The molecule has 128 valence electrons. The summed E-state index contributed by atoms with van der Waals surface area (Å²) in [5.41, 5.74) is 1.86. The molecule has 0 N–H and O–H groups in total. The lowest BCUT2D eigenvalue weighted by Gasteiger charge is -2.19. The molecule has 4 nitrogen and oxygen atoms in total. The molecule has 1 aliphatic heterocycles. The predicted octanol–water partition coefficient (Wildman–Crippen LogP) is 5.07. The molecule has 0 fully saturated rings. The number of fused-ring (bicyclic) bond motifs is 2. The Balaban J connectivity index is 1.83. The first-order chi connectivity index (χ1) is 12.6. The number of rotatable bonds is 2. The first-order valence-corrected chi connectivity index (χ1v) is 9.12. The van der Waals surface area contributed by atoms with Gasteiger partial charge in [-0.3, -0.25) is 19.5 Å². The largest absolute Gasteiger partial charge is 0.288 e. The van der Waals surface area contributed by atoms with Gasteiger partial charge in [-0.25, -0.2) is 0 Å². The van der Waals surface area contributed by atoms with Crippen LogP contribution >= 0.6 is 23.4 Å². The minimum absolute atomic E-state index is 0.0805. The Hall–Kier alpha value is -2.63. The Kier molecular flexibility index (Phi) is 4.26. The van der Waals surface area contributed by atoms with Gasteiger partial charge in [0.05, 0.1) is 21.1 Å². The van der Waals surface area contributed by atoms with Gasteiger partial charge in [0, 0.05) is 35.2 Å². The van der Waals surface area contributed by atoms with Crippen LogP contribution in [-0.4, -0.2) is 16.7 Å². The second-order valence-electron chi connectivity index (χ2n) is 5.78. The summed E-state index contributed by atoms with van der Waals surface area (Å²) in [5.74, 6) is -0.292. The number of hydrogen-bond acceptors (Lipinski definition) is 4. The van der Waals surface area contributed by atoms with Crippen molar-refractivity contribution in [1.29, 1.82) is 0 Å². The van der Waals surface area contributed by atoms with Gasteiger partial charge in [0.25, 0.3) is 0 Å². The summed E-state index contributed by atoms with van der Waals surface area (Å²) in [6.07, 6.45) is 3.24. The van der Waals surface area contributed by atoms with Crippen LogP contribution in [0.5, 0.6) is 0 Å². The zero-order valence-electron chi connectivity index (χ0n) is 13.8. The fourth-order valence-corrected chi connectivity index (χ4v) is 4.12. The van der Waals surface area contributed by atoms with Gasteiger partial charge in [-0.2, -0.15) is 0 Å². The highest BCUT2D eigenvalue weighted by atomic mass is 35.5. The highest BCUT2D eigenvalue weighted by Crippen LogP contribution is 2.40. The van der Waals surface area contributed by atoms with Gasteiger partial charge in [-0.15, -0.1) is 0 Å². The normalized spacial score (nSPS) is 14.7. The molecule has 0 aliphatic carbocycles. The molecule has 0 atom stereocenters. The van der Waals surface area contributed by atoms with Crippen molar-refractivity contribution < 1.29 is 9.59 Å². The van der Waals surface area contributed by atoms with Crippen molar-refractivity contribution in [3.63, 3.8) is 0 Å². The van der Waals surface area contributed by atoms with Gasteiger partial charge in [0.2, 0.25) is 11.7 Å². The fourth-order valence-electron chi connectivity index (χ4n) is 2.89. The average molecular weight is 381 g/mol. The Morgan fingerprint density at radius 1 is 1.15 bits per heavy atom. The number of allylic oxidation sites excluding steroid dienone is 1. The van der Waals surface area contributed by atoms with E-state index in [-0.39, 0.29) is 11.7 Å². The topological polar surface area (TPSA) is 50.3 Å². The molecule has 0 unspecified atom stereocenters. The second-order valence-corrected chi connectivity index (χ2v) is 7.27. The number of ketones is 1. The number of thioether (sulfide) groups is 1. The number of carbonyl (C=O) groups excluding carboxylic acids is 2. The van der Waals surface area contributed by atoms with Crippen LogP contribution < -0.4 is 4.90 Å². The summed E-state index contributed by atoms with van der Waals surface area (Å²) in [4.78, 5) is 32.2. The van der Waals surface area contributed by atoms with Crippen LogP contribution in [0.1, 0.15) is 17.3 Å². The van der Waals surface area contributed by atoms with E-state index in [1.54, 1.807) is 36.7 Å². The van der Waals surface area contributed by atoms with Gasteiger partial charge in [-0.05, 0) is 36.4 Å². The van der Waals surface area contributed by atoms with E-state index in [0.717, 1.165) is 10.3 Å². The van der Waals surface area contributed by atoms with Crippen LogP contribution in [0.4, 0.5) is 5.69 Å². The number of aromatic nitrogens is 1. The van der Waals surface area contributed by atoms with E-state index in [1.807, 2.05) is 24.3 Å². The number of nitrogens with zero attached hydrogens (tertiary/aromatic N) is 2. The van der Waals surface area contributed by atoms with Crippen molar-refractivity contribution in [3.05, 3.63) is 76.4 Å². The van der Waals surface area contributed by atoms with E-state index in [1.165, 1.54) is 23.6 Å². The van der Waals surface area contributed by atoms with Crippen molar-refractivity contribution in [3.8, 4) is 0 Å². The lowest BCUT2D eigenvalue weighted by atomic mass is 10.1. The molecule has 26 heavy (non-hydrogen) atoms. The van der Waals surface area contributed by atoms with Crippen molar-refractivity contribution in [2.24, 2.45) is 0 Å². The van der Waals surface area contributed by atoms with E-state index in [4.69, 9.17) is 11.6 Å². The van der Waals surface area contributed by atoms with E-state index < -0.39 is 0 Å². The Morgan fingerprint density at radius 3 is 2.73 bits per heavy atom. The second kappa shape index (κ2) is 6.59. The molecule has 3 aromatic rings.